The van der Waals surface area contributed by atoms with E-state index in [4.69, 9.17) is 5.73 Å². The fraction of sp³-hybridized carbons (Fsp3) is 0.636. The lowest BCUT2D eigenvalue weighted by Gasteiger charge is -2.22. The van der Waals surface area contributed by atoms with Gasteiger partial charge in [-0.3, -0.25) is 0 Å². The van der Waals surface area contributed by atoms with Gasteiger partial charge in [-0.1, -0.05) is 20.8 Å². The SMILES string of the molecule is Cc1ccc(C(N)CC(C)(C)C)s1. The van der Waals surface area contributed by atoms with Gasteiger partial charge in [-0.25, -0.2) is 0 Å². The molecule has 0 aliphatic heterocycles. The van der Waals surface area contributed by atoms with Crippen LogP contribution in [0.1, 0.15) is 43.0 Å². The zero-order chi connectivity index (χ0) is 10.1. The highest BCUT2D eigenvalue weighted by Crippen LogP contribution is 2.30. The first-order chi connectivity index (χ1) is 5.88. The molecule has 1 atom stereocenters. The second-order valence-corrected chi connectivity index (χ2v) is 6.14. The van der Waals surface area contributed by atoms with E-state index in [0.29, 0.717) is 5.41 Å². The van der Waals surface area contributed by atoms with Crippen molar-refractivity contribution in [3.8, 4) is 0 Å². The van der Waals surface area contributed by atoms with E-state index < -0.39 is 0 Å². The lowest BCUT2D eigenvalue weighted by molar-refractivity contribution is 0.345. The maximum absolute atomic E-state index is 6.10. The fourth-order valence-electron chi connectivity index (χ4n) is 1.41. The summed E-state index contributed by atoms with van der Waals surface area (Å²) < 4.78 is 0. The molecule has 1 aromatic heterocycles. The molecule has 0 amide bonds. The van der Waals surface area contributed by atoms with Crippen LogP contribution in [0.3, 0.4) is 0 Å². The van der Waals surface area contributed by atoms with Gasteiger partial charge < -0.3 is 5.73 Å². The molecule has 13 heavy (non-hydrogen) atoms. The number of rotatable bonds is 2. The highest BCUT2D eigenvalue weighted by molar-refractivity contribution is 7.12. The van der Waals surface area contributed by atoms with Crippen molar-refractivity contribution in [3.63, 3.8) is 0 Å². The third-order valence-electron chi connectivity index (χ3n) is 1.96. The van der Waals surface area contributed by atoms with Gasteiger partial charge in [0, 0.05) is 15.8 Å². The fourth-order valence-corrected chi connectivity index (χ4v) is 2.29. The molecule has 1 unspecified atom stereocenters. The van der Waals surface area contributed by atoms with Crippen LogP contribution in [0.4, 0.5) is 0 Å². The first-order valence-corrected chi connectivity index (χ1v) is 5.52. The minimum absolute atomic E-state index is 0.207. The van der Waals surface area contributed by atoms with Crippen LogP contribution in [-0.4, -0.2) is 0 Å². The van der Waals surface area contributed by atoms with E-state index in [1.54, 1.807) is 0 Å². The maximum Gasteiger partial charge on any atom is 0.0394 e. The average molecular weight is 197 g/mol. The molecule has 0 aliphatic carbocycles. The molecule has 0 aliphatic rings. The van der Waals surface area contributed by atoms with E-state index in [2.05, 4.69) is 39.8 Å². The Balaban J connectivity index is 2.64. The highest BCUT2D eigenvalue weighted by atomic mass is 32.1. The largest absolute Gasteiger partial charge is 0.323 e. The monoisotopic (exact) mass is 197 g/mol. The summed E-state index contributed by atoms with van der Waals surface area (Å²) >= 11 is 1.81. The van der Waals surface area contributed by atoms with Gasteiger partial charge in [-0.2, -0.15) is 0 Å². The molecule has 0 saturated carbocycles. The summed E-state index contributed by atoms with van der Waals surface area (Å²) in [7, 11) is 0. The van der Waals surface area contributed by atoms with Crippen LogP contribution < -0.4 is 5.73 Å². The first kappa shape index (κ1) is 10.7. The normalized spacial score (nSPS) is 14.5. The third kappa shape index (κ3) is 3.49. The molecule has 1 aromatic rings. The van der Waals surface area contributed by atoms with Crippen molar-refractivity contribution in [2.75, 3.05) is 0 Å². The Labute approximate surface area is 85.0 Å². The Morgan fingerprint density at radius 3 is 2.38 bits per heavy atom. The van der Waals surface area contributed by atoms with Gasteiger partial charge in [0.25, 0.3) is 0 Å². The van der Waals surface area contributed by atoms with Crippen LogP contribution in [0.25, 0.3) is 0 Å². The highest BCUT2D eigenvalue weighted by Gasteiger charge is 2.17. The van der Waals surface area contributed by atoms with E-state index in [1.165, 1.54) is 9.75 Å². The Hall–Kier alpha value is -0.340. The predicted molar refractivity (Wildman–Crippen MR) is 60.1 cm³/mol. The molecular weight excluding hydrogens is 178 g/mol. The number of thiophene rings is 1. The molecule has 0 saturated heterocycles. The zero-order valence-corrected chi connectivity index (χ0v) is 9.74. The van der Waals surface area contributed by atoms with E-state index >= 15 is 0 Å². The summed E-state index contributed by atoms with van der Waals surface area (Å²) in [6, 6.07) is 4.50. The molecule has 1 rings (SSSR count). The van der Waals surface area contributed by atoms with E-state index in [9.17, 15) is 0 Å². The molecule has 0 bridgehead atoms. The smallest absolute Gasteiger partial charge is 0.0394 e. The molecule has 0 spiro atoms. The van der Waals surface area contributed by atoms with E-state index in [-0.39, 0.29) is 6.04 Å². The molecule has 1 heterocycles. The van der Waals surface area contributed by atoms with Gasteiger partial charge in [-0.15, -0.1) is 11.3 Å². The van der Waals surface area contributed by atoms with Gasteiger partial charge in [-0.05, 0) is 30.9 Å². The Morgan fingerprint density at radius 1 is 1.38 bits per heavy atom. The maximum atomic E-state index is 6.10. The van der Waals surface area contributed by atoms with Crippen LogP contribution in [0.15, 0.2) is 12.1 Å². The van der Waals surface area contributed by atoms with Crippen LogP contribution in [0.5, 0.6) is 0 Å². The number of aryl methyl sites for hydroxylation is 1. The number of hydrogen-bond acceptors (Lipinski definition) is 2. The van der Waals surface area contributed by atoms with Crippen LogP contribution in [-0.2, 0) is 0 Å². The molecule has 2 heteroatoms. The minimum atomic E-state index is 0.207. The standard InChI is InChI=1S/C11H19NS/c1-8-5-6-10(13-8)9(12)7-11(2,3)4/h5-6,9H,7,12H2,1-4H3. The Kier molecular flexibility index (Phi) is 3.14. The number of hydrogen-bond donors (Lipinski definition) is 1. The quantitative estimate of drug-likeness (QED) is 0.771. The first-order valence-electron chi connectivity index (χ1n) is 4.70. The van der Waals surface area contributed by atoms with Gasteiger partial charge in [0.05, 0.1) is 0 Å². The topological polar surface area (TPSA) is 26.0 Å². The van der Waals surface area contributed by atoms with E-state index in [1.807, 2.05) is 11.3 Å². The zero-order valence-electron chi connectivity index (χ0n) is 8.92. The van der Waals surface area contributed by atoms with Crippen molar-refractivity contribution in [2.24, 2.45) is 11.1 Å². The summed E-state index contributed by atoms with van der Waals surface area (Å²) in [5.41, 5.74) is 6.42. The lowest BCUT2D eigenvalue weighted by atomic mass is 9.88. The van der Waals surface area contributed by atoms with Gasteiger partial charge in [0.2, 0.25) is 0 Å². The minimum Gasteiger partial charge on any atom is -0.323 e. The van der Waals surface area contributed by atoms with Crippen LogP contribution in [0, 0.1) is 12.3 Å². The average Bonchev–Trinajstić information content (AvgIpc) is 2.31. The Bertz CT molecular complexity index is 270. The van der Waals surface area contributed by atoms with E-state index in [0.717, 1.165) is 6.42 Å². The molecule has 1 nitrogen and oxygen atoms in total. The lowest BCUT2D eigenvalue weighted by Crippen LogP contribution is -2.17. The molecule has 74 valence electrons. The summed E-state index contributed by atoms with van der Waals surface area (Å²) in [6.07, 6.45) is 1.05. The van der Waals surface area contributed by atoms with Gasteiger partial charge in [0.15, 0.2) is 0 Å². The van der Waals surface area contributed by atoms with Crippen molar-refractivity contribution >= 4 is 11.3 Å². The molecule has 0 aromatic carbocycles. The van der Waals surface area contributed by atoms with Crippen molar-refractivity contribution in [3.05, 3.63) is 21.9 Å². The van der Waals surface area contributed by atoms with Crippen molar-refractivity contribution in [2.45, 2.75) is 40.2 Å². The molecular formula is C11H19NS. The summed E-state index contributed by atoms with van der Waals surface area (Å²) in [5.74, 6) is 0. The summed E-state index contributed by atoms with van der Waals surface area (Å²) in [4.78, 5) is 2.66. The molecule has 0 fully saturated rings. The Morgan fingerprint density at radius 2 is 2.00 bits per heavy atom. The van der Waals surface area contributed by atoms with Crippen molar-refractivity contribution in [1.82, 2.24) is 0 Å². The summed E-state index contributed by atoms with van der Waals surface area (Å²) in [5, 5.41) is 0. The van der Waals surface area contributed by atoms with Crippen molar-refractivity contribution in [1.29, 1.82) is 0 Å². The third-order valence-corrected chi connectivity index (χ3v) is 3.09. The number of nitrogens with two attached hydrogens (primary N) is 1. The molecule has 0 radical (unpaired) electrons. The second-order valence-electron chi connectivity index (χ2n) is 4.82. The van der Waals surface area contributed by atoms with Gasteiger partial charge >= 0.3 is 0 Å². The molecule has 2 N–H and O–H groups in total. The van der Waals surface area contributed by atoms with Gasteiger partial charge in [0.1, 0.15) is 0 Å². The predicted octanol–water partition coefficient (Wildman–Crippen LogP) is 3.49. The van der Waals surface area contributed by atoms with Crippen molar-refractivity contribution < 1.29 is 0 Å². The van der Waals surface area contributed by atoms with Crippen LogP contribution in [0.2, 0.25) is 0 Å². The van der Waals surface area contributed by atoms with Crippen LogP contribution >= 0.6 is 11.3 Å². The summed E-state index contributed by atoms with van der Waals surface area (Å²) in [6.45, 7) is 8.81. The second kappa shape index (κ2) is 3.81.